The van der Waals surface area contributed by atoms with Gasteiger partial charge in [0.15, 0.2) is 0 Å². The van der Waals surface area contributed by atoms with Gasteiger partial charge in [0.1, 0.15) is 0 Å². The van der Waals surface area contributed by atoms with Crippen LogP contribution < -0.4 is 5.73 Å². The number of aliphatic hydroxyl groups is 1. The van der Waals surface area contributed by atoms with Crippen molar-refractivity contribution in [3.05, 3.63) is 63.6 Å². The highest BCUT2D eigenvalue weighted by Crippen LogP contribution is 2.26. The Balaban J connectivity index is 2.15. The van der Waals surface area contributed by atoms with E-state index in [-0.39, 0.29) is 0 Å². The van der Waals surface area contributed by atoms with E-state index in [0.29, 0.717) is 22.2 Å². The highest BCUT2D eigenvalue weighted by Gasteiger charge is 2.11. The molecule has 94 valence electrons. The first-order valence-electron chi connectivity index (χ1n) is 5.53. The Hall–Kier alpha value is -1.22. The molecule has 0 aromatic heterocycles. The fourth-order valence-electron chi connectivity index (χ4n) is 1.73. The molecule has 0 amide bonds. The van der Waals surface area contributed by atoms with Gasteiger partial charge in [0, 0.05) is 22.2 Å². The highest BCUT2D eigenvalue weighted by molar-refractivity contribution is 6.35. The number of halogens is 2. The number of nitrogen functional groups attached to an aromatic ring is 1. The van der Waals surface area contributed by atoms with Gasteiger partial charge in [0.25, 0.3) is 0 Å². The summed E-state index contributed by atoms with van der Waals surface area (Å²) in [7, 11) is 0. The third-order valence-electron chi connectivity index (χ3n) is 2.75. The number of hydrogen-bond donors (Lipinski definition) is 2. The average Bonchev–Trinajstić information content (AvgIpc) is 2.33. The van der Waals surface area contributed by atoms with Crippen LogP contribution in [0.3, 0.4) is 0 Å². The van der Waals surface area contributed by atoms with Crippen LogP contribution in [-0.4, -0.2) is 5.11 Å². The first-order chi connectivity index (χ1) is 8.56. The smallest absolute Gasteiger partial charge is 0.0830 e. The molecule has 0 radical (unpaired) electrons. The summed E-state index contributed by atoms with van der Waals surface area (Å²) in [5.41, 5.74) is 7.96. The van der Waals surface area contributed by atoms with E-state index in [9.17, 15) is 5.11 Å². The molecule has 0 fully saturated rings. The molecule has 0 bridgehead atoms. The molecule has 0 saturated heterocycles. The normalized spacial score (nSPS) is 12.4. The lowest BCUT2D eigenvalue weighted by molar-refractivity contribution is 0.178. The molecule has 2 aromatic carbocycles. The molecule has 18 heavy (non-hydrogen) atoms. The van der Waals surface area contributed by atoms with Crippen LogP contribution in [0.1, 0.15) is 17.2 Å². The second-order valence-electron chi connectivity index (χ2n) is 4.12. The predicted molar refractivity (Wildman–Crippen MR) is 76.0 cm³/mol. The van der Waals surface area contributed by atoms with Crippen LogP contribution in [0.4, 0.5) is 5.69 Å². The van der Waals surface area contributed by atoms with Crippen LogP contribution in [0.2, 0.25) is 10.0 Å². The van der Waals surface area contributed by atoms with Crippen molar-refractivity contribution in [3.63, 3.8) is 0 Å². The third kappa shape index (κ3) is 3.16. The number of anilines is 1. The molecule has 0 saturated carbocycles. The fourth-order valence-corrected chi connectivity index (χ4v) is 2.22. The van der Waals surface area contributed by atoms with Gasteiger partial charge < -0.3 is 10.8 Å². The van der Waals surface area contributed by atoms with Gasteiger partial charge >= 0.3 is 0 Å². The summed E-state index contributed by atoms with van der Waals surface area (Å²) in [6.07, 6.45) is -0.163. The Morgan fingerprint density at radius 3 is 2.33 bits per heavy atom. The van der Waals surface area contributed by atoms with Crippen molar-refractivity contribution in [1.82, 2.24) is 0 Å². The van der Waals surface area contributed by atoms with Crippen molar-refractivity contribution in [2.24, 2.45) is 0 Å². The van der Waals surface area contributed by atoms with Gasteiger partial charge in [-0.1, -0.05) is 41.4 Å². The summed E-state index contributed by atoms with van der Waals surface area (Å²) in [6.45, 7) is 0. The Bertz CT molecular complexity index is 540. The summed E-state index contributed by atoms with van der Waals surface area (Å²) in [5, 5.41) is 11.3. The van der Waals surface area contributed by atoms with Crippen molar-refractivity contribution < 1.29 is 5.11 Å². The first kappa shape index (κ1) is 13.2. The lowest BCUT2D eigenvalue weighted by Crippen LogP contribution is -2.02. The molecule has 0 heterocycles. The van der Waals surface area contributed by atoms with Gasteiger partial charge in [-0.2, -0.15) is 0 Å². The maximum atomic E-state index is 10.1. The monoisotopic (exact) mass is 281 g/mol. The molecule has 0 aliphatic rings. The van der Waals surface area contributed by atoms with Crippen LogP contribution in [0.15, 0.2) is 42.5 Å². The zero-order chi connectivity index (χ0) is 13.1. The second kappa shape index (κ2) is 5.61. The van der Waals surface area contributed by atoms with E-state index in [0.717, 1.165) is 11.1 Å². The van der Waals surface area contributed by atoms with E-state index in [1.165, 1.54) is 0 Å². The molecular weight excluding hydrogens is 269 g/mol. The van der Waals surface area contributed by atoms with Crippen molar-refractivity contribution in [2.45, 2.75) is 12.5 Å². The molecule has 2 aromatic rings. The number of nitrogens with two attached hydrogens (primary N) is 1. The van der Waals surface area contributed by atoms with E-state index in [1.807, 2.05) is 18.2 Å². The molecule has 1 unspecified atom stereocenters. The Kier molecular flexibility index (Phi) is 4.12. The minimum absolute atomic E-state index is 0.444. The molecule has 0 aliphatic heterocycles. The van der Waals surface area contributed by atoms with Crippen LogP contribution in [0.5, 0.6) is 0 Å². The van der Waals surface area contributed by atoms with Gasteiger partial charge in [0.2, 0.25) is 0 Å². The Labute approximate surface area is 116 Å². The topological polar surface area (TPSA) is 46.2 Å². The lowest BCUT2D eigenvalue weighted by atomic mass is 10.0. The lowest BCUT2D eigenvalue weighted by Gasteiger charge is -2.12. The van der Waals surface area contributed by atoms with Crippen LogP contribution in [-0.2, 0) is 6.42 Å². The molecular formula is C14H13Cl2NO. The zero-order valence-electron chi connectivity index (χ0n) is 9.61. The first-order valence-corrected chi connectivity index (χ1v) is 6.29. The minimum Gasteiger partial charge on any atom is -0.399 e. The van der Waals surface area contributed by atoms with Gasteiger partial charge in [-0.3, -0.25) is 0 Å². The molecule has 3 N–H and O–H groups in total. The SMILES string of the molecule is Nc1ccc(C(O)Cc2ccc(Cl)cc2Cl)cc1. The highest BCUT2D eigenvalue weighted by atomic mass is 35.5. The molecule has 2 nitrogen and oxygen atoms in total. The molecule has 0 aliphatic carbocycles. The number of rotatable bonds is 3. The number of aliphatic hydroxyl groups excluding tert-OH is 1. The van der Waals surface area contributed by atoms with Crippen molar-refractivity contribution in [1.29, 1.82) is 0 Å². The molecule has 2 rings (SSSR count). The maximum Gasteiger partial charge on any atom is 0.0830 e. The minimum atomic E-state index is -0.607. The van der Waals surface area contributed by atoms with Crippen molar-refractivity contribution >= 4 is 28.9 Å². The van der Waals surface area contributed by atoms with E-state index >= 15 is 0 Å². The van der Waals surface area contributed by atoms with Crippen molar-refractivity contribution in [3.8, 4) is 0 Å². The number of benzene rings is 2. The van der Waals surface area contributed by atoms with E-state index in [2.05, 4.69) is 0 Å². The van der Waals surface area contributed by atoms with Gasteiger partial charge in [-0.15, -0.1) is 0 Å². The molecule has 1 atom stereocenters. The largest absolute Gasteiger partial charge is 0.399 e. The predicted octanol–water partition coefficient (Wildman–Crippen LogP) is 3.85. The Morgan fingerprint density at radius 1 is 1.06 bits per heavy atom. The summed E-state index contributed by atoms with van der Waals surface area (Å²) in [4.78, 5) is 0. The standard InChI is InChI=1S/C14H13Cl2NO/c15-11-4-1-10(13(16)8-11)7-14(18)9-2-5-12(17)6-3-9/h1-6,8,14,18H,7,17H2. The van der Waals surface area contributed by atoms with Crippen LogP contribution >= 0.6 is 23.2 Å². The van der Waals surface area contributed by atoms with Gasteiger partial charge in [-0.05, 0) is 35.4 Å². The summed E-state index contributed by atoms with van der Waals surface area (Å²) >= 11 is 11.9. The quantitative estimate of drug-likeness (QED) is 0.840. The summed E-state index contributed by atoms with van der Waals surface area (Å²) < 4.78 is 0. The molecule has 4 heteroatoms. The Morgan fingerprint density at radius 2 is 1.72 bits per heavy atom. The summed E-state index contributed by atoms with van der Waals surface area (Å²) in [6, 6.07) is 12.4. The molecule has 0 spiro atoms. The zero-order valence-corrected chi connectivity index (χ0v) is 11.1. The van der Waals surface area contributed by atoms with Gasteiger partial charge in [-0.25, -0.2) is 0 Å². The van der Waals surface area contributed by atoms with E-state index < -0.39 is 6.10 Å². The van der Waals surface area contributed by atoms with E-state index in [4.69, 9.17) is 28.9 Å². The van der Waals surface area contributed by atoms with Gasteiger partial charge in [0.05, 0.1) is 6.10 Å². The van der Waals surface area contributed by atoms with E-state index in [1.54, 1.807) is 24.3 Å². The van der Waals surface area contributed by atoms with Crippen LogP contribution in [0.25, 0.3) is 0 Å². The third-order valence-corrected chi connectivity index (χ3v) is 3.34. The van der Waals surface area contributed by atoms with Crippen molar-refractivity contribution in [2.75, 3.05) is 5.73 Å². The number of hydrogen-bond acceptors (Lipinski definition) is 2. The second-order valence-corrected chi connectivity index (χ2v) is 4.97. The maximum absolute atomic E-state index is 10.1. The van der Waals surface area contributed by atoms with Crippen LogP contribution in [0, 0.1) is 0 Å². The average molecular weight is 282 g/mol. The summed E-state index contributed by atoms with van der Waals surface area (Å²) in [5.74, 6) is 0. The fraction of sp³-hybridized carbons (Fsp3) is 0.143.